The third-order valence-corrected chi connectivity index (χ3v) is 4.35. The number of anilines is 1. The molecule has 1 aliphatic rings. The fraction of sp³-hybridized carbons (Fsp3) is 0.316. The first-order valence-electron chi connectivity index (χ1n) is 8.13. The lowest BCUT2D eigenvalue weighted by atomic mass is 10.0. The van der Waals surface area contributed by atoms with Crippen LogP contribution in [0.4, 0.5) is 5.69 Å². The van der Waals surface area contributed by atoms with Crippen LogP contribution >= 0.6 is 0 Å². The molecule has 0 atom stereocenters. The third kappa shape index (κ3) is 4.33. The molecule has 2 aromatic rings. The normalized spacial score (nSPS) is 16.2. The van der Waals surface area contributed by atoms with Crippen LogP contribution in [0.25, 0.3) is 0 Å². The van der Waals surface area contributed by atoms with Crippen molar-refractivity contribution in [3.05, 3.63) is 65.7 Å². The van der Waals surface area contributed by atoms with Crippen LogP contribution in [0.5, 0.6) is 0 Å². The lowest BCUT2D eigenvalue weighted by molar-refractivity contribution is 0.100. The molecular formula is C19H23N3O. The van der Waals surface area contributed by atoms with Crippen molar-refractivity contribution >= 4 is 11.6 Å². The maximum atomic E-state index is 11.2. The van der Waals surface area contributed by atoms with E-state index >= 15 is 0 Å². The van der Waals surface area contributed by atoms with Crippen LogP contribution in [-0.2, 0) is 6.54 Å². The molecule has 1 aliphatic heterocycles. The van der Waals surface area contributed by atoms with E-state index < -0.39 is 0 Å². The highest BCUT2D eigenvalue weighted by Crippen LogP contribution is 2.19. The zero-order valence-corrected chi connectivity index (χ0v) is 13.2. The van der Waals surface area contributed by atoms with E-state index in [4.69, 9.17) is 5.73 Å². The molecule has 1 saturated heterocycles. The molecule has 0 aliphatic carbocycles. The van der Waals surface area contributed by atoms with Crippen molar-refractivity contribution in [2.45, 2.75) is 25.4 Å². The average Bonchev–Trinajstić information content (AvgIpc) is 2.58. The number of hydrogen-bond donors (Lipinski definition) is 2. The fourth-order valence-electron chi connectivity index (χ4n) is 3.07. The minimum Gasteiger partial charge on any atom is -0.382 e. The quantitative estimate of drug-likeness (QED) is 0.893. The fourth-order valence-corrected chi connectivity index (χ4v) is 3.07. The lowest BCUT2D eigenvalue weighted by Crippen LogP contribution is -2.38. The highest BCUT2D eigenvalue weighted by atomic mass is 16.1. The molecule has 4 heteroatoms. The van der Waals surface area contributed by atoms with Gasteiger partial charge < -0.3 is 11.1 Å². The van der Waals surface area contributed by atoms with Gasteiger partial charge in [0.1, 0.15) is 0 Å². The maximum absolute atomic E-state index is 11.2. The van der Waals surface area contributed by atoms with Crippen molar-refractivity contribution in [1.29, 1.82) is 0 Å². The number of rotatable bonds is 5. The SMILES string of the molecule is NC(=O)c1cccc(NC2CCN(Cc3ccccc3)CC2)c1. The molecule has 23 heavy (non-hydrogen) atoms. The van der Waals surface area contributed by atoms with Crippen molar-refractivity contribution in [2.24, 2.45) is 5.73 Å². The Labute approximate surface area is 137 Å². The van der Waals surface area contributed by atoms with Crippen molar-refractivity contribution in [1.82, 2.24) is 4.90 Å². The summed E-state index contributed by atoms with van der Waals surface area (Å²) in [5, 5.41) is 3.53. The molecule has 0 bridgehead atoms. The maximum Gasteiger partial charge on any atom is 0.248 e. The van der Waals surface area contributed by atoms with E-state index in [-0.39, 0.29) is 5.91 Å². The number of nitrogens with zero attached hydrogens (tertiary/aromatic N) is 1. The van der Waals surface area contributed by atoms with Gasteiger partial charge in [-0.3, -0.25) is 9.69 Å². The molecule has 1 heterocycles. The second-order valence-electron chi connectivity index (χ2n) is 6.13. The van der Waals surface area contributed by atoms with Crippen LogP contribution in [0.15, 0.2) is 54.6 Å². The van der Waals surface area contributed by atoms with Gasteiger partial charge in [0.05, 0.1) is 0 Å². The van der Waals surface area contributed by atoms with E-state index in [1.807, 2.05) is 18.2 Å². The van der Waals surface area contributed by atoms with Gasteiger partial charge in [-0.05, 0) is 36.6 Å². The van der Waals surface area contributed by atoms with Crippen LogP contribution in [0.1, 0.15) is 28.8 Å². The number of amides is 1. The summed E-state index contributed by atoms with van der Waals surface area (Å²) in [6.45, 7) is 3.19. The number of primary amides is 1. The van der Waals surface area contributed by atoms with Gasteiger partial charge in [0.15, 0.2) is 0 Å². The third-order valence-electron chi connectivity index (χ3n) is 4.35. The Kier molecular flexibility index (Phi) is 4.93. The summed E-state index contributed by atoms with van der Waals surface area (Å²) in [4.78, 5) is 13.7. The summed E-state index contributed by atoms with van der Waals surface area (Å²) in [6.07, 6.45) is 2.21. The molecule has 2 aromatic carbocycles. The van der Waals surface area contributed by atoms with E-state index in [1.165, 1.54) is 5.56 Å². The monoisotopic (exact) mass is 309 g/mol. The Morgan fingerprint density at radius 1 is 1.09 bits per heavy atom. The second kappa shape index (κ2) is 7.29. The zero-order chi connectivity index (χ0) is 16.1. The molecule has 1 fully saturated rings. The number of nitrogens with two attached hydrogens (primary N) is 1. The first kappa shape index (κ1) is 15.6. The van der Waals surface area contributed by atoms with E-state index in [0.29, 0.717) is 11.6 Å². The van der Waals surface area contributed by atoms with Crippen molar-refractivity contribution < 1.29 is 4.79 Å². The first-order valence-corrected chi connectivity index (χ1v) is 8.13. The molecule has 0 saturated carbocycles. The Morgan fingerprint density at radius 3 is 2.52 bits per heavy atom. The van der Waals surface area contributed by atoms with E-state index in [0.717, 1.165) is 38.2 Å². The van der Waals surface area contributed by atoms with Gasteiger partial charge in [-0.2, -0.15) is 0 Å². The van der Waals surface area contributed by atoms with Crippen LogP contribution < -0.4 is 11.1 Å². The molecule has 4 nitrogen and oxygen atoms in total. The van der Waals surface area contributed by atoms with Crippen molar-refractivity contribution in [2.75, 3.05) is 18.4 Å². The van der Waals surface area contributed by atoms with Crippen LogP contribution in [0, 0.1) is 0 Å². The number of likely N-dealkylation sites (tertiary alicyclic amines) is 1. The van der Waals surface area contributed by atoms with Crippen molar-refractivity contribution in [3.8, 4) is 0 Å². The molecule has 3 rings (SSSR count). The number of carbonyl (C=O) groups is 1. The van der Waals surface area contributed by atoms with E-state index in [9.17, 15) is 4.79 Å². The first-order chi connectivity index (χ1) is 11.2. The van der Waals surface area contributed by atoms with E-state index in [2.05, 4.69) is 40.5 Å². The van der Waals surface area contributed by atoms with Crippen LogP contribution in [0.2, 0.25) is 0 Å². The summed E-state index contributed by atoms with van der Waals surface area (Å²) >= 11 is 0. The standard InChI is InChI=1S/C19H23N3O/c20-19(23)16-7-4-8-18(13-16)21-17-9-11-22(12-10-17)14-15-5-2-1-3-6-15/h1-8,13,17,21H,9-12,14H2,(H2,20,23). The summed E-state index contributed by atoms with van der Waals surface area (Å²) < 4.78 is 0. The van der Waals surface area contributed by atoms with E-state index in [1.54, 1.807) is 6.07 Å². The van der Waals surface area contributed by atoms with Crippen molar-refractivity contribution in [3.63, 3.8) is 0 Å². The van der Waals surface area contributed by atoms with Gasteiger partial charge >= 0.3 is 0 Å². The molecular weight excluding hydrogens is 286 g/mol. The Bertz CT molecular complexity index is 649. The van der Waals surface area contributed by atoms with Gasteiger partial charge in [0.2, 0.25) is 5.91 Å². The molecule has 1 amide bonds. The summed E-state index contributed by atoms with van der Waals surface area (Å²) in [5.41, 5.74) is 8.23. The highest BCUT2D eigenvalue weighted by molar-refractivity contribution is 5.93. The lowest BCUT2D eigenvalue weighted by Gasteiger charge is -2.33. The second-order valence-corrected chi connectivity index (χ2v) is 6.13. The number of hydrogen-bond acceptors (Lipinski definition) is 3. The number of nitrogens with one attached hydrogen (secondary N) is 1. The van der Waals surface area contributed by atoms with Gasteiger partial charge in [-0.15, -0.1) is 0 Å². The molecule has 0 unspecified atom stereocenters. The summed E-state index contributed by atoms with van der Waals surface area (Å²) in [5.74, 6) is -0.383. The minimum absolute atomic E-state index is 0.383. The van der Waals surface area contributed by atoms with Gasteiger partial charge in [0.25, 0.3) is 0 Å². The van der Waals surface area contributed by atoms with Gasteiger partial charge in [-0.1, -0.05) is 36.4 Å². The average molecular weight is 309 g/mol. The summed E-state index contributed by atoms with van der Waals surface area (Å²) in [6, 6.07) is 18.5. The van der Waals surface area contributed by atoms with Crippen LogP contribution in [0.3, 0.4) is 0 Å². The molecule has 3 N–H and O–H groups in total. The smallest absolute Gasteiger partial charge is 0.248 e. The predicted molar refractivity (Wildman–Crippen MR) is 93.3 cm³/mol. The van der Waals surface area contributed by atoms with Gasteiger partial charge in [-0.25, -0.2) is 0 Å². The topological polar surface area (TPSA) is 58.4 Å². The predicted octanol–water partition coefficient (Wildman–Crippen LogP) is 2.86. The Morgan fingerprint density at radius 2 is 1.83 bits per heavy atom. The Hall–Kier alpha value is -2.33. The van der Waals surface area contributed by atoms with Gasteiger partial charge in [0, 0.05) is 36.9 Å². The largest absolute Gasteiger partial charge is 0.382 e. The highest BCUT2D eigenvalue weighted by Gasteiger charge is 2.19. The summed E-state index contributed by atoms with van der Waals surface area (Å²) in [7, 11) is 0. The molecule has 0 spiro atoms. The number of piperidine rings is 1. The minimum atomic E-state index is -0.383. The number of carbonyl (C=O) groups excluding carboxylic acids is 1. The Balaban J connectivity index is 1.51. The molecule has 0 aromatic heterocycles. The molecule has 0 radical (unpaired) electrons. The molecule has 120 valence electrons. The number of benzene rings is 2. The zero-order valence-electron chi connectivity index (χ0n) is 13.2. The van der Waals surface area contributed by atoms with Crippen LogP contribution in [-0.4, -0.2) is 29.9 Å².